The molecule has 0 aliphatic carbocycles. The van der Waals surface area contributed by atoms with E-state index < -0.39 is 0 Å². The molecule has 1 amide bonds. The standard InChI is InChI=1S/C23H25N3O3/c1-16-20-5-3-4-6-21(20)23(28)26(24-16)15-22(27)25-12-11-18(14-25)13-17-7-9-19(29-2)10-8-17/h3-10,18H,11-15H2,1-2H3. The Kier molecular flexibility index (Phi) is 5.34. The van der Waals surface area contributed by atoms with E-state index >= 15 is 0 Å². The van der Waals surface area contributed by atoms with Crippen molar-refractivity contribution in [1.29, 1.82) is 0 Å². The summed E-state index contributed by atoms with van der Waals surface area (Å²) in [4.78, 5) is 27.4. The highest BCUT2D eigenvalue weighted by Gasteiger charge is 2.27. The van der Waals surface area contributed by atoms with Crippen LogP contribution in [0.1, 0.15) is 17.7 Å². The second-order valence-corrected chi connectivity index (χ2v) is 7.64. The summed E-state index contributed by atoms with van der Waals surface area (Å²) in [5.41, 5.74) is 1.79. The topological polar surface area (TPSA) is 64.4 Å². The minimum atomic E-state index is -0.214. The molecule has 3 aromatic rings. The largest absolute Gasteiger partial charge is 0.497 e. The van der Waals surface area contributed by atoms with Crippen molar-refractivity contribution < 1.29 is 9.53 Å². The number of methoxy groups -OCH3 is 1. The third kappa shape index (κ3) is 4.01. The van der Waals surface area contributed by atoms with Gasteiger partial charge in [-0.15, -0.1) is 0 Å². The molecule has 1 aliphatic heterocycles. The zero-order valence-corrected chi connectivity index (χ0v) is 16.8. The number of ether oxygens (including phenoxy) is 1. The van der Waals surface area contributed by atoms with Crippen molar-refractivity contribution >= 4 is 16.7 Å². The molecule has 4 rings (SSSR count). The van der Waals surface area contributed by atoms with Gasteiger partial charge in [0.25, 0.3) is 5.56 Å². The van der Waals surface area contributed by atoms with Gasteiger partial charge in [0.15, 0.2) is 0 Å². The van der Waals surface area contributed by atoms with Gasteiger partial charge in [-0.25, -0.2) is 4.68 Å². The van der Waals surface area contributed by atoms with Crippen molar-refractivity contribution in [3.8, 4) is 5.75 Å². The van der Waals surface area contributed by atoms with Crippen LogP contribution in [0.4, 0.5) is 0 Å². The van der Waals surface area contributed by atoms with Gasteiger partial charge in [0.1, 0.15) is 12.3 Å². The maximum Gasteiger partial charge on any atom is 0.275 e. The molecule has 1 fully saturated rings. The third-order valence-electron chi connectivity index (χ3n) is 5.66. The van der Waals surface area contributed by atoms with Gasteiger partial charge < -0.3 is 9.64 Å². The molecule has 1 aliphatic rings. The zero-order valence-electron chi connectivity index (χ0n) is 16.8. The van der Waals surface area contributed by atoms with E-state index in [1.165, 1.54) is 10.2 Å². The Morgan fingerprint density at radius 3 is 2.59 bits per heavy atom. The average Bonchev–Trinajstić information content (AvgIpc) is 3.21. The van der Waals surface area contributed by atoms with Crippen molar-refractivity contribution in [2.45, 2.75) is 26.3 Å². The number of rotatable bonds is 5. The zero-order chi connectivity index (χ0) is 20.4. The molecule has 0 saturated carbocycles. The molecular formula is C23H25N3O3. The highest BCUT2D eigenvalue weighted by Crippen LogP contribution is 2.22. The minimum Gasteiger partial charge on any atom is -0.497 e. The van der Waals surface area contributed by atoms with Gasteiger partial charge in [-0.2, -0.15) is 5.10 Å². The number of likely N-dealkylation sites (tertiary alicyclic amines) is 1. The van der Waals surface area contributed by atoms with Gasteiger partial charge in [0.05, 0.1) is 18.2 Å². The molecule has 1 aromatic heterocycles. The van der Waals surface area contributed by atoms with Gasteiger partial charge >= 0.3 is 0 Å². The molecule has 1 unspecified atom stereocenters. The van der Waals surface area contributed by atoms with E-state index in [0.29, 0.717) is 17.8 Å². The maximum atomic E-state index is 12.8. The molecule has 150 valence electrons. The lowest BCUT2D eigenvalue weighted by molar-refractivity contribution is -0.131. The number of aryl methyl sites for hydroxylation is 1. The molecule has 0 radical (unpaired) electrons. The smallest absolute Gasteiger partial charge is 0.275 e. The monoisotopic (exact) mass is 391 g/mol. The SMILES string of the molecule is COc1ccc(CC2CCN(C(=O)Cn3nc(C)c4ccccc4c3=O)C2)cc1. The predicted molar refractivity (Wildman–Crippen MR) is 112 cm³/mol. The summed E-state index contributed by atoms with van der Waals surface area (Å²) < 4.78 is 6.50. The Bertz CT molecular complexity index is 1090. The molecule has 2 heterocycles. The Balaban J connectivity index is 1.42. The van der Waals surface area contributed by atoms with Crippen LogP contribution in [0.2, 0.25) is 0 Å². The molecule has 0 spiro atoms. The second-order valence-electron chi connectivity index (χ2n) is 7.64. The first-order valence-electron chi connectivity index (χ1n) is 9.92. The van der Waals surface area contributed by atoms with Gasteiger partial charge in [0, 0.05) is 18.5 Å². The molecule has 6 heteroatoms. The van der Waals surface area contributed by atoms with E-state index in [4.69, 9.17) is 4.74 Å². The normalized spacial score (nSPS) is 16.3. The molecule has 29 heavy (non-hydrogen) atoms. The van der Waals surface area contributed by atoms with Crippen LogP contribution in [0.25, 0.3) is 10.8 Å². The molecule has 1 saturated heterocycles. The fraction of sp³-hybridized carbons (Fsp3) is 0.348. The summed E-state index contributed by atoms with van der Waals surface area (Å²) in [6.07, 6.45) is 1.90. The Morgan fingerprint density at radius 2 is 1.86 bits per heavy atom. The number of carbonyl (C=O) groups excluding carboxylic acids is 1. The predicted octanol–water partition coefficient (Wildman–Crippen LogP) is 2.80. The van der Waals surface area contributed by atoms with Crippen LogP contribution in [-0.4, -0.2) is 40.8 Å². The van der Waals surface area contributed by atoms with Crippen LogP contribution in [0.3, 0.4) is 0 Å². The summed E-state index contributed by atoms with van der Waals surface area (Å²) in [7, 11) is 1.66. The second kappa shape index (κ2) is 8.07. The summed E-state index contributed by atoms with van der Waals surface area (Å²) in [5.74, 6) is 1.22. The number of benzene rings is 2. The lowest BCUT2D eigenvalue weighted by Gasteiger charge is -2.17. The van der Waals surface area contributed by atoms with Crippen molar-refractivity contribution in [1.82, 2.24) is 14.7 Å². The molecule has 6 nitrogen and oxygen atoms in total. The van der Waals surface area contributed by atoms with Gasteiger partial charge in [-0.3, -0.25) is 9.59 Å². The van der Waals surface area contributed by atoms with Gasteiger partial charge in [-0.05, 0) is 49.4 Å². The van der Waals surface area contributed by atoms with E-state index in [1.807, 2.05) is 42.2 Å². The summed E-state index contributed by atoms with van der Waals surface area (Å²) in [5, 5.41) is 5.80. The van der Waals surface area contributed by atoms with Crippen molar-refractivity contribution in [2.24, 2.45) is 5.92 Å². The van der Waals surface area contributed by atoms with Gasteiger partial charge in [0.2, 0.25) is 5.91 Å². The summed E-state index contributed by atoms with van der Waals surface area (Å²) in [6, 6.07) is 15.5. The lowest BCUT2D eigenvalue weighted by atomic mass is 9.99. The average molecular weight is 391 g/mol. The number of hydrogen-bond acceptors (Lipinski definition) is 4. The van der Waals surface area contributed by atoms with Crippen LogP contribution >= 0.6 is 0 Å². The van der Waals surface area contributed by atoms with Crippen LogP contribution in [0.15, 0.2) is 53.3 Å². The number of fused-ring (bicyclic) bond motifs is 1. The Morgan fingerprint density at radius 1 is 1.14 bits per heavy atom. The highest BCUT2D eigenvalue weighted by molar-refractivity contribution is 5.83. The first-order valence-corrected chi connectivity index (χ1v) is 9.92. The fourth-order valence-electron chi connectivity index (χ4n) is 4.06. The molecule has 2 aromatic carbocycles. The van der Waals surface area contributed by atoms with E-state index in [9.17, 15) is 9.59 Å². The van der Waals surface area contributed by atoms with E-state index in [-0.39, 0.29) is 18.0 Å². The number of hydrogen-bond donors (Lipinski definition) is 0. The van der Waals surface area contributed by atoms with Crippen molar-refractivity contribution in [2.75, 3.05) is 20.2 Å². The van der Waals surface area contributed by atoms with Crippen LogP contribution in [0.5, 0.6) is 5.75 Å². The number of amides is 1. The highest BCUT2D eigenvalue weighted by atomic mass is 16.5. The Labute approximate surface area is 169 Å². The first-order chi connectivity index (χ1) is 14.0. The number of aromatic nitrogens is 2. The van der Waals surface area contributed by atoms with Crippen LogP contribution in [0, 0.1) is 12.8 Å². The number of nitrogens with zero attached hydrogens (tertiary/aromatic N) is 3. The molecule has 1 atom stereocenters. The molecule has 0 N–H and O–H groups in total. The molecule has 0 bridgehead atoms. The lowest BCUT2D eigenvalue weighted by Crippen LogP contribution is -2.36. The maximum absolute atomic E-state index is 12.8. The molecular weight excluding hydrogens is 366 g/mol. The number of carbonyl (C=O) groups is 1. The van der Waals surface area contributed by atoms with Crippen molar-refractivity contribution in [3.05, 3.63) is 70.1 Å². The quantitative estimate of drug-likeness (QED) is 0.671. The summed E-state index contributed by atoms with van der Waals surface area (Å²) >= 11 is 0. The Hall–Kier alpha value is -3.15. The van der Waals surface area contributed by atoms with Crippen molar-refractivity contribution in [3.63, 3.8) is 0 Å². The van der Waals surface area contributed by atoms with Crippen LogP contribution < -0.4 is 10.3 Å². The minimum absolute atomic E-state index is 0.0141. The van der Waals surface area contributed by atoms with Crippen LogP contribution in [-0.2, 0) is 17.8 Å². The third-order valence-corrected chi connectivity index (χ3v) is 5.66. The summed E-state index contributed by atoms with van der Waals surface area (Å²) in [6.45, 7) is 3.29. The van der Waals surface area contributed by atoms with E-state index in [0.717, 1.165) is 36.2 Å². The van der Waals surface area contributed by atoms with E-state index in [1.54, 1.807) is 13.2 Å². The first kappa shape index (κ1) is 19.2. The fourth-order valence-corrected chi connectivity index (χ4v) is 4.06. The van der Waals surface area contributed by atoms with Gasteiger partial charge in [-0.1, -0.05) is 30.3 Å². The van der Waals surface area contributed by atoms with E-state index in [2.05, 4.69) is 17.2 Å².